The highest BCUT2D eigenvalue weighted by Crippen LogP contribution is 2.38. The number of aliphatic hydroxyl groups excluding tert-OH is 2. The molecule has 0 radical (unpaired) electrons. The van der Waals surface area contributed by atoms with Gasteiger partial charge in [0, 0.05) is 42.7 Å². The average Bonchev–Trinajstić information content (AvgIpc) is 3.57. The zero-order valence-electron chi connectivity index (χ0n) is 19.9. The summed E-state index contributed by atoms with van der Waals surface area (Å²) < 4.78 is 46.8. The molecule has 196 valence electrons. The van der Waals surface area contributed by atoms with Gasteiger partial charge >= 0.3 is 6.18 Å². The molecule has 1 aliphatic rings. The number of hydrogen-bond donors (Lipinski definition) is 3. The number of thiophene rings is 1. The summed E-state index contributed by atoms with van der Waals surface area (Å²) in [5.41, 5.74) is -0.175. The van der Waals surface area contributed by atoms with E-state index < -0.39 is 11.9 Å². The molecule has 4 aromatic rings. The Morgan fingerprint density at radius 3 is 2.68 bits per heavy atom. The fourth-order valence-corrected chi connectivity index (χ4v) is 5.20. The van der Waals surface area contributed by atoms with Crippen LogP contribution in [0.4, 0.5) is 24.9 Å². The van der Waals surface area contributed by atoms with E-state index in [1.165, 1.54) is 29.9 Å². The van der Waals surface area contributed by atoms with Crippen molar-refractivity contribution in [1.29, 1.82) is 0 Å². The third kappa shape index (κ3) is 5.11. The molecule has 0 bridgehead atoms. The van der Waals surface area contributed by atoms with Gasteiger partial charge in [-0.3, -0.25) is 0 Å². The lowest BCUT2D eigenvalue weighted by Gasteiger charge is -2.31. The highest BCUT2D eigenvalue weighted by atomic mass is 32.1. The average molecular weight is 535 g/mol. The fourth-order valence-electron chi connectivity index (χ4n) is 4.24. The molecule has 1 aliphatic heterocycles. The molecule has 5 rings (SSSR count). The molecule has 5 heterocycles. The van der Waals surface area contributed by atoms with Crippen LogP contribution >= 0.6 is 11.3 Å². The lowest BCUT2D eigenvalue weighted by molar-refractivity contribution is -0.141. The minimum Gasteiger partial charge on any atom is -0.472 e. The van der Waals surface area contributed by atoms with E-state index in [2.05, 4.69) is 20.3 Å². The number of rotatable bonds is 8. The topological polar surface area (TPSA) is 120 Å². The maximum atomic E-state index is 13.9. The summed E-state index contributed by atoms with van der Waals surface area (Å²) >= 11 is 1.53. The molecule has 0 saturated heterocycles. The minimum atomic E-state index is -4.62. The molecule has 9 nitrogen and oxygen atoms in total. The number of furan rings is 1. The summed E-state index contributed by atoms with van der Waals surface area (Å²) in [5.74, 6) is 0.496. The molecule has 0 aromatic carbocycles. The van der Waals surface area contributed by atoms with E-state index in [4.69, 9.17) is 9.40 Å². The van der Waals surface area contributed by atoms with Gasteiger partial charge in [0.05, 0.1) is 29.5 Å². The second-order valence-corrected chi connectivity index (χ2v) is 9.89. The van der Waals surface area contributed by atoms with E-state index >= 15 is 0 Å². The molecule has 0 unspecified atom stereocenters. The standard InChI is InChI=1S/C24H25F3N6O3S/c1-2-15-7-17-21(31-23(32-22(17)37-15)28-8-13(10-34)11-35)33-5-3-16-18(9-33)29-20(14-4-6-36-12-14)30-19(16)24(25,26)27/h4,6-7,12-13,34-35H,2-3,5,8-11H2,1H3,(H,28,31,32). The van der Waals surface area contributed by atoms with E-state index in [0.29, 0.717) is 23.9 Å². The number of halogens is 3. The molecular formula is C24H25F3N6O3S. The van der Waals surface area contributed by atoms with Gasteiger partial charge in [0.25, 0.3) is 0 Å². The third-order valence-corrected chi connectivity index (χ3v) is 7.42. The van der Waals surface area contributed by atoms with E-state index in [-0.39, 0.29) is 55.7 Å². The van der Waals surface area contributed by atoms with E-state index in [1.54, 1.807) is 0 Å². The van der Waals surface area contributed by atoms with Crippen molar-refractivity contribution in [2.45, 2.75) is 32.5 Å². The second-order valence-electron chi connectivity index (χ2n) is 8.77. The van der Waals surface area contributed by atoms with Gasteiger partial charge in [-0.15, -0.1) is 11.3 Å². The molecule has 3 N–H and O–H groups in total. The maximum absolute atomic E-state index is 13.9. The van der Waals surface area contributed by atoms with Crippen LogP contribution in [0.3, 0.4) is 0 Å². The van der Waals surface area contributed by atoms with E-state index in [0.717, 1.165) is 21.5 Å². The number of aromatic nitrogens is 4. The summed E-state index contributed by atoms with van der Waals surface area (Å²) in [6, 6.07) is 3.54. The Morgan fingerprint density at radius 2 is 2.00 bits per heavy atom. The predicted octanol–water partition coefficient (Wildman–Crippen LogP) is 3.90. The smallest absolute Gasteiger partial charge is 0.433 e. The van der Waals surface area contributed by atoms with Crippen LogP contribution in [0.15, 0.2) is 29.1 Å². The van der Waals surface area contributed by atoms with Gasteiger partial charge in [-0.05, 0) is 25.0 Å². The lowest BCUT2D eigenvalue weighted by Crippen LogP contribution is -2.34. The number of nitrogens with zero attached hydrogens (tertiary/aromatic N) is 5. The van der Waals surface area contributed by atoms with Crippen LogP contribution < -0.4 is 10.2 Å². The van der Waals surface area contributed by atoms with Gasteiger partial charge in [0.15, 0.2) is 11.5 Å². The Balaban J connectivity index is 1.55. The summed E-state index contributed by atoms with van der Waals surface area (Å²) in [4.78, 5) is 21.4. The Hall–Kier alpha value is -3.29. The van der Waals surface area contributed by atoms with Crippen molar-refractivity contribution in [3.8, 4) is 11.4 Å². The third-order valence-electron chi connectivity index (χ3n) is 6.25. The van der Waals surface area contributed by atoms with Gasteiger partial charge in [0.2, 0.25) is 5.95 Å². The Bertz CT molecular complexity index is 1390. The van der Waals surface area contributed by atoms with Crippen molar-refractivity contribution in [1.82, 2.24) is 19.9 Å². The van der Waals surface area contributed by atoms with Crippen LogP contribution in [0.5, 0.6) is 0 Å². The Morgan fingerprint density at radius 1 is 1.19 bits per heavy atom. The van der Waals surface area contributed by atoms with Gasteiger partial charge in [-0.25, -0.2) is 15.0 Å². The molecule has 13 heteroatoms. The number of aryl methyl sites for hydroxylation is 1. The van der Waals surface area contributed by atoms with Crippen LogP contribution in [-0.4, -0.2) is 56.5 Å². The van der Waals surface area contributed by atoms with Crippen LogP contribution in [0.2, 0.25) is 0 Å². The Labute approximate surface area is 214 Å². The number of alkyl halides is 3. The minimum absolute atomic E-state index is 0.0419. The highest BCUT2D eigenvalue weighted by molar-refractivity contribution is 7.18. The van der Waals surface area contributed by atoms with Crippen molar-refractivity contribution in [3.05, 3.63) is 46.5 Å². The number of anilines is 2. The van der Waals surface area contributed by atoms with Crippen LogP contribution in [0.25, 0.3) is 21.6 Å². The zero-order chi connectivity index (χ0) is 26.2. The maximum Gasteiger partial charge on any atom is 0.433 e. The number of fused-ring (bicyclic) bond motifs is 2. The number of aliphatic hydroxyl groups is 2. The zero-order valence-corrected chi connectivity index (χ0v) is 20.7. The first-order valence-electron chi connectivity index (χ1n) is 11.8. The van der Waals surface area contributed by atoms with Crippen molar-refractivity contribution in [3.63, 3.8) is 0 Å². The molecular weight excluding hydrogens is 509 g/mol. The van der Waals surface area contributed by atoms with Crippen molar-refractivity contribution in [2.24, 2.45) is 5.92 Å². The molecule has 0 fully saturated rings. The van der Waals surface area contributed by atoms with Gasteiger partial charge in [-0.2, -0.15) is 18.2 Å². The second kappa shape index (κ2) is 10.2. The first-order valence-corrected chi connectivity index (χ1v) is 12.6. The SMILES string of the molecule is CCc1cc2c(N3CCc4c(nc(-c5ccoc5)nc4C(F)(F)F)C3)nc(NCC(CO)CO)nc2s1. The highest BCUT2D eigenvalue weighted by Gasteiger charge is 2.39. The van der Waals surface area contributed by atoms with E-state index in [1.807, 2.05) is 17.9 Å². The fraction of sp³-hybridized carbons (Fsp3) is 0.417. The van der Waals surface area contributed by atoms with Crippen molar-refractivity contribution in [2.75, 3.05) is 36.5 Å². The van der Waals surface area contributed by atoms with Crippen LogP contribution in [-0.2, 0) is 25.6 Å². The summed E-state index contributed by atoms with van der Waals surface area (Å²) in [6.45, 7) is 2.33. The lowest BCUT2D eigenvalue weighted by atomic mass is 10.0. The first-order chi connectivity index (χ1) is 17.8. The van der Waals surface area contributed by atoms with Crippen LogP contribution in [0, 0.1) is 5.92 Å². The van der Waals surface area contributed by atoms with Gasteiger partial charge < -0.3 is 24.8 Å². The van der Waals surface area contributed by atoms with E-state index in [9.17, 15) is 23.4 Å². The molecule has 0 spiro atoms. The predicted molar refractivity (Wildman–Crippen MR) is 132 cm³/mol. The summed E-state index contributed by atoms with van der Waals surface area (Å²) in [5, 5.41) is 22.7. The van der Waals surface area contributed by atoms with Gasteiger partial charge in [0.1, 0.15) is 16.9 Å². The molecule has 0 amide bonds. The van der Waals surface area contributed by atoms with Crippen LogP contribution in [0.1, 0.15) is 28.8 Å². The molecule has 4 aromatic heterocycles. The normalized spacial score (nSPS) is 14.0. The molecule has 0 saturated carbocycles. The molecule has 0 aliphatic carbocycles. The first kappa shape index (κ1) is 25.4. The number of hydrogen-bond acceptors (Lipinski definition) is 10. The molecule has 37 heavy (non-hydrogen) atoms. The van der Waals surface area contributed by atoms with Gasteiger partial charge in [-0.1, -0.05) is 6.92 Å². The summed E-state index contributed by atoms with van der Waals surface area (Å²) in [7, 11) is 0. The number of nitrogens with one attached hydrogen (secondary N) is 1. The van der Waals surface area contributed by atoms with Crippen molar-refractivity contribution >= 4 is 33.3 Å². The molecule has 0 atom stereocenters. The van der Waals surface area contributed by atoms with Crippen molar-refractivity contribution < 1.29 is 27.8 Å². The quantitative estimate of drug-likeness (QED) is 0.309. The monoisotopic (exact) mass is 534 g/mol. The Kier molecular flexibility index (Phi) is 7.01. The largest absolute Gasteiger partial charge is 0.472 e. The summed E-state index contributed by atoms with van der Waals surface area (Å²) in [6.07, 6.45) is -1.03.